The highest BCUT2D eigenvalue weighted by Gasteiger charge is 2.35. The van der Waals surface area contributed by atoms with Gasteiger partial charge in [0.2, 0.25) is 5.91 Å². The number of hydrogen-bond acceptors (Lipinski definition) is 4. The second-order valence-electron chi connectivity index (χ2n) is 5.39. The topological polar surface area (TPSA) is 102 Å². The summed E-state index contributed by atoms with van der Waals surface area (Å²) < 4.78 is 0. The van der Waals surface area contributed by atoms with Crippen LogP contribution in [0.4, 0.5) is 4.79 Å². The average Bonchev–Trinajstić information content (AvgIpc) is 2.81. The number of urea groups is 1. The molecule has 3 amide bonds. The van der Waals surface area contributed by atoms with Gasteiger partial charge in [-0.25, -0.2) is 9.59 Å². The Kier molecular flexibility index (Phi) is 4.43. The predicted molar refractivity (Wildman–Crippen MR) is 70.1 cm³/mol. The SMILES string of the molecule is CN1CCC(CNC(=O)N2CC(=O)NCC2C(=O)O)C1. The van der Waals surface area contributed by atoms with Crippen LogP contribution in [0, 0.1) is 5.92 Å². The number of nitrogens with zero attached hydrogens (tertiary/aromatic N) is 2. The first-order valence-corrected chi connectivity index (χ1v) is 6.70. The Hall–Kier alpha value is -1.83. The molecule has 0 aromatic heterocycles. The Morgan fingerprint density at radius 2 is 2.25 bits per heavy atom. The number of amides is 3. The van der Waals surface area contributed by atoms with Crippen LogP contribution in [0.5, 0.6) is 0 Å². The van der Waals surface area contributed by atoms with Crippen LogP contribution in [0.15, 0.2) is 0 Å². The van der Waals surface area contributed by atoms with Crippen molar-refractivity contribution in [2.45, 2.75) is 12.5 Å². The van der Waals surface area contributed by atoms with Crippen molar-refractivity contribution < 1.29 is 19.5 Å². The molecule has 112 valence electrons. The molecule has 2 aliphatic heterocycles. The quantitative estimate of drug-likeness (QED) is 0.587. The summed E-state index contributed by atoms with van der Waals surface area (Å²) in [4.78, 5) is 37.7. The third-order valence-corrected chi connectivity index (χ3v) is 3.76. The van der Waals surface area contributed by atoms with Gasteiger partial charge in [-0.3, -0.25) is 9.69 Å². The Bertz CT molecular complexity index is 414. The molecule has 0 bridgehead atoms. The summed E-state index contributed by atoms with van der Waals surface area (Å²) in [6, 6.07) is -1.49. The van der Waals surface area contributed by atoms with Crippen LogP contribution in [-0.4, -0.2) is 78.6 Å². The summed E-state index contributed by atoms with van der Waals surface area (Å²) in [5.74, 6) is -1.06. The summed E-state index contributed by atoms with van der Waals surface area (Å²) in [6.45, 7) is 2.17. The summed E-state index contributed by atoms with van der Waals surface area (Å²) >= 11 is 0. The maximum Gasteiger partial charge on any atom is 0.328 e. The Morgan fingerprint density at radius 3 is 2.85 bits per heavy atom. The number of aliphatic carboxylic acids is 1. The van der Waals surface area contributed by atoms with E-state index >= 15 is 0 Å². The number of piperazine rings is 1. The first-order valence-electron chi connectivity index (χ1n) is 6.70. The lowest BCUT2D eigenvalue weighted by molar-refractivity contribution is -0.144. The van der Waals surface area contributed by atoms with E-state index in [9.17, 15) is 14.4 Å². The van der Waals surface area contributed by atoms with Crippen LogP contribution in [0.1, 0.15) is 6.42 Å². The molecule has 0 saturated carbocycles. The second kappa shape index (κ2) is 6.08. The van der Waals surface area contributed by atoms with Crippen molar-refractivity contribution in [1.29, 1.82) is 0 Å². The van der Waals surface area contributed by atoms with Crippen molar-refractivity contribution in [2.75, 3.05) is 39.8 Å². The summed E-state index contributed by atoms with van der Waals surface area (Å²) in [5.41, 5.74) is 0. The van der Waals surface area contributed by atoms with Gasteiger partial charge in [0.25, 0.3) is 0 Å². The molecule has 8 nitrogen and oxygen atoms in total. The zero-order chi connectivity index (χ0) is 14.7. The van der Waals surface area contributed by atoms with Crippen LogP contribution in [-0.2, 0) is 9.59 Å². The standard InChI is InChI=1S/C12H20N4O4/c1-15-3-2-8(6-15)4-14-12(20)16-7-10(17)13-5-9(16)11(18)19/h8-9H,2-7H2,1H3,(H,13,17)(H,14,20)(H,18,19). The van der Waals surface area contributed by atoms with Gasteiger partial charge >= 0.3 is 12.0 Å². The fourth-order valence-corrected chi connectivity index (χ4v) is 2.60. The van der Waals surface area contributed by atoms with Gasteiger partial charge in [0.15, 0.2) is 0 Å². The molecule has 2 atom stereocenters. The van der Waals surface area contributed by atoms with E-state index in [0.717, 1.165) is 24.4 Å². The molecule has 0 aromatic rings. The van der Waals surface area contributed by atoms with Gasteiger partial charge in [0.05, 0.1) is 0 Å². The largest absolute Gasteiger partial charge is 0.480 e. The number of carboxylic acid groups (broad SMARTS) is 1. The minimum atomic E-state index is -1.11. The highest BCUT2D eigenvalue weighted by molar-refractivity contribution is 5.90. The van der Waals surface area contributed by atoms with Crippen LogP contribution in [0.2, 0.25) is 0 Å². The Morgan fingerprint density at radius 1 is 1.50 bits per heavy atom. The van der Waals surface area contributed by atoms with Gasteiger partial charge in [0.1, 0.15) is 12.6 Å². The van der Waals surface area contributed by atoms with E-state index in [2.05, 4.69) is 15.5 Å². The molecule has 2 aliphatic rings. The Balaban J connectivity index is 1.88. The molecule has 20 heavy (non-hydrogen) atoms. The first-order chi connectivity index (χ1) is 9.47. The van der Waals surface area contributed by atoms with E-state index in [1.165, 1.54) is 0 Å². The molecule has 3 N–H and O–H groups in total. The molecule has 8 heteroatoms. The van der Waals surface area contributed by atoms with Crippen molar-refractivity contribution in [3.63, 3.8) is 0 Å². The average molecular weight is 284 g/mol. The van der Waals surface area contributed by atoms with Crippen LogP contribution >= 0.6 is 0 Å². The number of rotatable bonds is 3. The molecule has 2 fully saturated rings. The maximum atomic E-state index is 12.1. The van der Waals surface area contributed by atoms with E-state index in [1.807, 2.05) is 7.05 Å². The number of nitrogens with one attached hydrogen (secondary N) is 2. The van der Waals surface area contributed by atoms with Gasteiger partial charge in [-0.1, -0.05) is 0 Å². The van der Waals surface area contributed by atoms with E-state index < -0.39 is 18.0 Å². The van der Waals surface area contributed by atoms with E-state index in [0.29, 0.717) is 12.5 Å². The molecule has 0 radical (unpaired) electrons. The maximum absolute atomic E-state index is 12.1. The van der Waals surface area contributed by atoms with E-state index in [4.69, 9.17) is 5.11 Å². The minimum Gasteiger partial charge on any atom is -0.480 e. The predicted octanol–water partition coefficient (Wildman–Crippen LogP) is -1.47. The molecular weight excluding hydrogens is 264 g/mol. The lowest BCUT2D eigenvalue weighted by Crippen LogP contribution is -2.61. The Labute approximate surface area is 117 Å². The van der Waals surface area contributed by atoms with Crippen LogP contribution < -0.4 is 10.6 Å². The third kappa shape index (κ3) is 3.38. The summed E-state index contributed by atoms with van der Waals surface area (Å²) in [7, 11) is 2.03. The monoisotopic (exact) mass is 284 g/mol. The molecule has 2 rings (SSSR count). The minimum absolute atomic E-state index is 0.0479. The molecule has 0 aliphatic carbocycles. The molecular formula is C12H20N4O4. The van der Waals surface area contributed by atoms with Crippen LogP contribution in [0.25, 0.3) is 0 Å². The second-order valence-corrected chi connectivity index (χ2v) is 5.39. The number of carbonyl (C=O) groups is 3. The van der Waals surface area contributed by atoms with Gasteiger partial charge in [-0.05, 0) is 25.9 Å². The smallest absolute Gasteiger partial charge is 0.328 e. The van der Waals surface area contributed by atoms with Crippen molar-refractivity contribution in [2.24, 2.45) is 5.92 Å². The zero-order valence-electron chi connectivity index (χ0n) is 11.5. The lowest BCUT2D eigenvalue weighted by atomic mass is 10.1. The number of carboxylic acids is 1. The normalized spacial score (nSPS) is 27.2. The number of hydrogen-bond donors (Lipinski definition) is 3. The summed E-state index contributed by atoms with van der Waals surface area (Å²) in [5, 5.41) is 14.3. The van der Waals surface area contributed by atoms with Crippen molar-refractivity contribution in [3.05, 3.63) is 0 Å². The van der Waals surface area contributed by atoms with E-state index in [1.54, 1.807) is 0 Å². The van der Waals surface area contributed by atoms with Gasteiger partial charge in [-0.15, -0.1) is 0 Å². The van der Waals surface area contributed by atoms with Gasteiger partial charge in [0, 0.05) is 19.6 Å². The highest BCUT2D eigenvalue weighted by atomic mass is 16.4. The van der Waals surface area contributed by atoms with Crippen molar-refractivity contribution in [1.82, 2.24) is 20.4 Å². The number of carbonyl (C=O) groups excluding carboxylic acids is 2. The molecule has 2 heterocycles. The first kappa shape index (κ1) is 14.6. The van der Waals surface area contributed by atoms with Crippen molar-refractivity contribution in [3.8, 4) is 0 Å². The third-order valence-electron chi connectivity index (χ3n) is 3.76. The molecule has 0 aromatic carbocycles. The van der Waals surface area contributed by atoms with Gasteiger partial charge < -0.3 is 20.6 Å². The molecule has 2 saturated heterocycles. The lowest BCUT2D eigenvalue weighted by Gasteiger charge is -2.32. The van der Waals surface area contributed by atoms with E-state index in [-0.39, 0.29) is 19.0 Å². The van der Waals surface area contributed by atoms with Crippen LogP contribution in [0.3, 0.4) is 0 Å². The number of likely N-dealkylation sites (tertiary alicyclic amines) is 1. The molecule has 2 unspecified atom stereocenters. The fourth-order valence-electron chi connectivity index (χ4n) is 2.60. The van der Waals surface area contributed by atoms with Gasteiger partial charge in [-0.2, -0.15) is 0 Å². The summed E-state index contributed by atoms with van der Waals surface area (Å²) in [6.07, 6.45) is 1.01. The van der Waals surface area contributed by atoms with Crippen molar-refractivity contribution >= 4 is 17.9 Å². The zero-order valence-corrected chi connectivity index (χ0v) is 11.5. The molecule has 0 spiro atoms. The fraction of sp³-hybridized carbons (Fsp3) is 0.750. The highest BCUT2D eigenvalue weighted by Crippen LogP contribution is 2.13.